The van der Waals surface area contributed by atoms with E-state index in [1.807, 2.05) is 12.1 Å². The highest BCUT2D eigenvalue weighted by Crippen LogP contribution is 2.34. The molecule has 0 atom stereocenters. The monoisotopic (exact) mass is 295 g/mol. The summed E-state index contributed by atoms with van der Waals surface area (Å²) in [7, 11) is 0. The smallest absolute Gasteiger partial charge is 0.0991 e. The molecule has 1 fully saturated rings. The van der Waals surface area contributed by atoms with Crippen LogP contribution in [0.5, 0.6) is 0 Å². The third kappa shape index (κ3) is 5.16. The highest BCUT2D eigenvalue weighted by Gasteiger charge is 2.22. The van der Waals surface area contributed by atoms with Crippen molar-refractivity contribution in [3.63, 3.8) is 0 Å². The SMILES string of the molecule is CC/C=C/C=C/COC1CCC(c2ccc(C#N)cc2)CC1. The van der Waals surface area contributed by atoms with E-state index in [1.54, 1.807) is 0 Å². The van der Waals surface area contributed by atoms with E-state index in [-0.39, 0.29) is 0 Å². The summed E-state index contributed by atoms with van der Waals surface area (Å²) in [6, 6.07) is 10.2. The molecule has 0 spiro atoms. The van der Waals surface area contributed by atoms with E-state index in [1.165, 1.54) is 18.4 Å². The molecule has 0 unspecified atom stereocenters. The Morgan fingerprint density at radius 1 is 1.09 bits per heavy atom. The second kappa shape index (κ2) is 9.23. The molecule has 2 nitrogen and oxygen atoms in total. The number of hydrogen-bond donors (Lipinski definition) is 0. The minimum Gasteiger partial charge on any atom is -0.374 e. The average molecular weight is 295 g/mol. The first kappa shape index (κ1) is 16.5. The predicted octanol–water partition coefficient (Wildman–Crippen LogP) is 5.12. The molecule has 0 aliphatic heterocycles. The Morgan fingerprint density at radius 3 is 2.41 bits per heavy atom. The van der Waals surface area contributed by atoms with Gasteiger partial charge in [0.15, 0.2) is 0 Å². The number of allylic oxidation sites excluding steroid dienone is 3. The summed E-state index contributed by atoms with van der Waals surface area (Å²) in [5.74, 6) is 0.621. The lowest BCUT2D eigenvalue weighted by Gasteiger charge is -2.28. The number of ether oxygens (including phenoxy) is 1. The third-order valence-corrected chi connectivity index (χ3v) is 4.23. The molecule has 1 aromatic carbocycles. The molecule has 1 aromatic rings. The molecule has 116 valence electrons. The van der Waals surface area contributed by atoms with E-state index in [2.05, 4.69) is 49.4 Å². The van der Waals surface area contributed by atoms with E-state index in [9.17, 15) is 0 Å². The molecular formula is C20H25NO. The molecular weight excluding hydrogens is 270 g/mol. The Kier molecular flexibility index (Phi) is 6.93. The van der Waals surface area contributed by atoms with Crippen LogP contribution < -0.4 is 0 Å². The fraction of sp³-hybridized carbons (Fsp3) is 0.450. The topological polar surface area (TPSA) is 33.0 Å². The fourth-order valence-corrected chi connectivity index (χ4v) is 2.93. The van der Waals surface area contributed by atoms with Crippen LogP contribution in [0.4, 0.5) is 0 Å². The second-order valence-electron chi connectivity index (χ2n) is 5.81. The summed E-state index contributed by atoms with van der Waals surface area (Å²) < 4.78 is 5.92. The van der Waals surface area contributed by atoms with Crippen LogP contribution in [-0.4, -0.2) is 12.7 Å². The van der Waals surface area contributed by atoms with Crippen molar-refractivity contribution in [2.24, 2.45) is 0 Å². The van der Waals surface area contributed by atoms with Crippen molar-refractivity contribution < 1.29 is 4.74 Å². The van der Waals surface area contributed by atoms with Gasteiger partial charge >= 0.3 is 0 Å². The molecule has 22 heavy (non-hydrogen) atoms. The Morgan fingerprint density at radius 2 is 1.77 bits per heavy atom. The van der Waals surface area contributed by atoms with Gasteiger partial charge in [-0.25, -0.2) is 0 Å². The summed E-state index contributed by atoms with van der Waals surface area (Å²) in [6.07, 6.45) is 14.4. The van der Waals surface area contributed by atoms with Gasteiger partial charge in [-0.15, -0.1) is 0 Å². The van der Waals surface area contributed by atoms with Gasteiger partial charge in [0.1, 0.15) is 0 Å². The maximum absolute atomic E-state index is 8.85. The van der Waals surface area contributed by atoms with Gasteiger partial charge in [0.05, 0.1) is 24.3 Å². The number of nitrogens with zero attached hydrogens (tertiary/aromatic N) is 1. The van der Waals surface area contributed by atoms with E-state index >= 15 is 0 Å². The molecule has 0 heterocycles. The van der Waals surface area contributed by atoms with Crippen molar-refractivity contribution in [3.8, 4) is 6.07 Å². The fourth-order valence-electron chi connectivity index (χ4n) is 2.93. The van der Waals surface area contributed by atoms with Crippen molar-refractivity contribution in [1.29, 1.82) is 5.26 Å². The highest BCUT2D eigenvalue weighted by atomic mass is 16.5. The largest absolute Gasteiger partial charge is 0.374 e. The van der Waals surface area contributed by atoms with E-state index in [0.717, 1.165) is 24.8 Å². The van der Waals surface area contributed by atoms with Gasteiger partial charge in [0.2, 0.25) is 0 Å². The van der Waals surface area contributed by atoms with Gasteiger partial charge in [-0.1, -0.05) is 43.4 Å². The van der Waals surface area contributed by atoms with Gasteiger partial charge in [0.25, 0.3) is 0 Å². The third-order valence-electron chi connectivity index (χ3n) is 4.23. The normalized spacial score (nSPS) is 22.2. The van der Waals surface area contributed by atoms with Gasteiger partial charge in [-0.05, 0) is 55.7 Å². The number of benzene rings is 1. The van der Waals surface area contributed by atoms with Gasteiger partial charge < -0.3 is 4.74 Å². The maximum Gasteiger partial charge on any atom is 0.0991 e. The van der Waals surface area contributed by atoms with Crippen molar-refractivity contribution in [2.75, 3.05) is 6.61 Å². The second-order valence-corrected chi connectivity index (χ2v) is 5.81. The summed E-state index contributed by atoms with van der Waals surface area (Å²) in [5, 5.41) is 8.85. The first-order valence-electron chi connectivity index (χ1n) is 8.26. The zero-order chi connectivity index (χ0) is 15.6. The number of rotatable bonds is 6. The lowest BCUT2D eigenvalue weighted by molar-refractivity contribution is 0.0422. The molecule has 0 radical (unpaired) electrons. The summed E-state index contributed by atoms with van der Waals surface area (Å²) >= 11 is 0. The summed E-state index contributed by atoms with van der Waals surface area (Å²) in [4.78, 5) is 0. The Bertz CT molecular complexity index is 528. The first-order valence-corrected chi connectivity index (χ1v) is 8.26. The van der Waals surface area contributed by atoms with E-state index in [4.69, 9.17) is 10.00 Å². The molecule has 0 aromatic heterocycles. The molecule has 0 amide bonds. The predicted molar refractivity (Wildman–Crippen MR) is 90.7 cm³/mol. The van der Waals surface area contributed by atoms with Crippen LogP contribution in [0.3, 0.4) is 0 Å². The highest BCUT2D eigenvalue weighted by molar-refractivity contribution is 5.33. The number of hydrogen-bond acceptors (Lipinski definition) is 2. The van der Waals surface area contributed by atoms with Crippen molar-refractivity contribution in [1.82, 2.24) is 0 Å². The maximum atomic E-state index is 8.85. The summed E-state index contributed by atoms with van der Waals surface area (Å²) in [6.45, 7) is 2.84. The molecule has 0 saturated heterocycles. The minimum atomic E-state index is 0.398. The van der Waals surface area contributed by atoms with Crippen molar-refractivity contribution in [3.05, 3.63) is 59.7 Å². The lowest BCUT2D eigenvalue weighted by atomic mass is 9.82. The average Bonchev–Trinajstić information content (AvgIpc) is 2.59. The molecule has 1 aliphatic rings. The molecule has 1 aliphatic carbocycles. The molecule has 2 rings (SSSR count). The van der Waals surface area contributed by atoms with Gasteiger partial charge in [-0.3, -0.25) is 0 Å². The van der Waals surface area contributed by atoms with Crippen molar-refractivity contribution >= 4 is 0 Å². The quantitative estimate of drug-likeness (QED) is 0.682. The first-order chi connectivity index (χ1) is 10.8. The van der Waals surface area contributed by atoms with Crippen LogP contribution >= 0.6 is 0 Å². The molecule has 1 saturated carbocycles. The van der Waals surface area contributed by atoms with Crippen LogP contribution in [0, 0.1) is 11.3 Å². The lowest BCUT2D eigenvalue weighted by Crippen LogP contribution is -2.20. The minimum absolute atomic E-state index is 0.398. The van der Waals surface area contributed by atoms with Gasteiger partial charge in [-0.2, -0.15) is 5.26 Å². The van der Waals surface area contributed by atoms with Crippen LogP contribution in [0.25, 0.3) is 0 Å². The zero-order valence-electron chi connectivity index (χ0n) is 13.4. The Hall–Kier alpha value is -1.85. The summed E-state index contributed by atoms with van der Waals surface area (Å²) in [5.41, 5.74) is 2.10. The standard InChI is InChI=1S/C20H25NO/c1-2-3-4-5-6-15-22-20-13-11-19(12-14-20)18-9-7-17(16-21)8-10-18/h3-10,19-20H,2,11-15H2,1H3/b4-3+,6-5+. The zero-order valence-corrected chi connectivity index (χ0v) is 13.4. The van der Waals surface area contributed by atoms with Crippen LogP contribution in [-0.2, 0) is 4.74 Å². The van der Waals surface area contributed by atoms with Crippen LogP contribution in [0.15, 0.2) is 48.6 Å². The van der Waals surface area contributed by atoms with Gasteiger partial charge in [0, 0.05) is 0 Å². The van der Waals surface area contributed by atoms with Crippen molar-refractivity contribution in [2.45, 2.75) is 51.0 Å². The van der Waals surface area contributed by atoms with E-state index < -0.39 is 0 Å². The van der Waals surface area contributed by atoms with Crippen LogP contribution in [0.2, 0.25) is 0 Å². The van der Waals surface area contributed by atoms with E-state index in [0.29, 0.717) is 18.6 Å². The number of nitriles is 1. The Balaban J connectivity index is 1.72. The Labute approximate surface area is 134 Å². The molecule has 0 bridgehead atoms. The van der Waals surface area contributed by atoms with Crippen LogP contribution in [0.1, 0.15) is 56.1 Å². The molecule has 0 N–H and O–H groups in total. The molecule has 2 heteroatoms.